The monoisotopic (exact) mass is 305 g/mol. The average molecular weight is 305 g/mol. The Hall–Kier alpha value is -0.940. The molecule has 3 nitrogen and oxygen atoms in total. The number of nitrogens with zero attached hydrogens (tertiary/aromatic N) is 1. The maximum absolute atomic E-state index is 10.5. The van der Waals surface area contributed by atoms with Crippen LogP contribution in [0.1, 0.15) is 18.9 Å². The van der Waals surface area contributed by atoms with Gasteiger partial charge in [-0.05, 0) is 35.4 Å². The molecular formula is C17H23NO2S. The number of benzene rings is 1. The van der Waals surface area contributed by atoms with Gasteiger partial charge in [-0.15, -0.1) is 11.3 Å². The molecule has 1 aromatic carbocycles. The average Bonchev–Trinajstić information content (AvgIpc) is 2.91. The van der Waals surface area contributed by atoms with Crippen LogP contribution in [0.5, 0.6) is 0 Å². The number of thiophene rings is 1. The van der Waals surface area contributed by atoms with Crippen LogP contribution in [-0.4, -0.2) is 48.5 Å². The summed E-state index contributed by atoms with van der Waals surface area (Å²) in [5.41, 5.74) is 1.24. The fourth-order valence-corrected chi connectivity index (χ4v) is 4.01. The highest BCUT2D eigenvalue weighted by Gasteiger charge is 2.27. The molecule has 1 aromatic heterocycles. The first-order valence-corrected chi connectivity index (χ1v) is 8.63. The number of aliphatic hydroxyl groups is 1. The lowest BCUT2D eigenvalue weighted by atomic mass is 10.0. The highest BCUT2D eigenvalue weighted by Crippen LogP contribution is 2.27. The van der Waals surface area contributed by atoms with Gasteiger partial charge in [0.1, 0.15) is 0 Å². The van der Waals surface area contributed by atoms with Gasteiger partial charge in [0, 0.05) is 24.2 Å². The van der Waals surface area contributed by atoms with E-state index in [-0.39, 0.29) is 6.10 Å². The molecule has 2 atom stereocenters. The first kappa shape index (κ1) is 15.0. The predicted octanol–water partition coefficient (Wildman–Crippen LogP) is 2.92. The summed E-state index contributed by atoms with van der Waals surface area (Å²) in [5, 5.41) is 14.0. The fourth-order valence-electron chi connectivity index (χ4n) is 3.03. The Morgan fingerprint density at radius 1 is 1.43 bits per heavy atom. The van der Waals surface area contributed by atoms with Crippen molar-refractivity contribution in [2.75, 3.05) is 26.2 Å². The molecule has 1 aliphatic heterocycles. The fraction of sp³-hybridized carbons (Fsp3) is 0.529. The molecule has 0 radical (unpaired) electrons. The molecule has 114 valence electrons. The molecule has 2 unspecified atom stereocenters. The number of ether oxygens (including phenoxy) is 1. The van der Waals surface area contributed by atoms with Crippen molar-refractivity contribution in [2.45, 2.75) is 32.0 Å². The Kier molecular flexibility index (Phi) is 4.91. The summed E-state index contributed by atoms with van der Waals surface area (Å²) < 4.78 is 7.08. The molecule has 0 bridgehead atoms. The van der Waals surface area contributed by atoms with Crippen molar-refractivity contribution >= 4 is 21.4 Å². The largest absolute Gasteiger partial charge is 0.390 e. The van der Waals surface area contributed by atoms with Crippen LogP contribution in [0.15, 0.2) is 29.6 Å². The van der Waals surface area contributed by atoms with Crippen molar-refractivity contribution < 1.29 is 9.84 Å². The standard InChI is InChI=1S/C17H23NO2S/c1-2-7-18-8-9-20-16(11-18)15(19)10-13-12-21-17-6-4-3-5-14(13)17/h3-6,12,15-16,19H,2,7-11H2,1H3. The van der Waals surface area contributed by atoms with Gasteiger partial charge in [0.25, 0.3) is 0 Å². The first-order valence-electron chi connectivity index (χ1n) is 7.75. The van der Waals surface area contributed by atoms with E-state index in [0.29, 0.717) is 6.42 Å². The molecule has 2 heterocycles. The second-order valence-electron chi connectivity index (χ2n) is 5.74. The Labute approximate surface area is 130 Å². The van der Waals surface area contributed by atoms with Crippen LogP contribution >= 0.6 is 11.3 Å². The van der Waals surface area contributed by atoms with Gasteiger partial charge in [-0.25, -0.2) is 0 Å². The zero-order valence-corrected chi connectivity index (χ0v) is 13.3. The molecular weight excluding hydrogens is 282 g/mol. The summed E-state index contributed by atoms with van der Waals surface area (Å²) in [6.45, 7) is 5.84. The van der Waals surface area contributed by atoms with E-state index >= 15 is 0 Å². The normalized spacial score (nSPS) is 21.7. The molecule has 0 amide bonds. The summed E-state index contributed by atoms with van der Waals surface area (Å²) in [4.78, 5) is 2.39. The summed E-state index contributed by atoms with van der Waals surface area (Å²) in [7, 11) is 0. The topological polar surface area (TPSA) is 32.7 Å². The van der Waals surface area contributed by atoms with Crippen molar-refractivity contribution in [2.24, 2.45) is 0 Å². The second-order valence-corrected chi connectivity index (χ2v) is 6.65. The van der Waals surface area contributed by atoms with Gasteiger partial charge in [0.2, 0.25) is 0 Å². The van der Waals surface area contributed by atoms with E-state index in [1.165, 1.54) is 15.6 Å². The molecule has 4 heteroatoms. The van der Waals surface area contributed by atoms with Gasteiger partial charge in [0.05, 0.1) is 18.8 Å². The minimum absolute atomic E-state index is 0.0658. The lowest BCUT2D eigenvalue weighted by Crippen LogP contribution is -2.48. The third-order valence-electron chi connectivity index (χ3n) is 4.14. The van der Waals surface area contributed by atoms with Crippen LogP contribution < -0.4 is 0 Å². The zero-order valence-electron chi connectivity index (χ0n) is 12.5. The van der Waals surface area contributed by atoms with E-state index in [0.717, 1.165) is 32.7 Å². The molecule has 3 rings (SSSR count). The highest BCUT2D eigenvalue weighted by atomic mass is 32.1. The number of rotatable bonds is 5. The SMILES string of the molecule is CCCN1CCOC(C(O)Cc2csc3ccccc23)C1. The molecule has 0 aliphatic carbocycles. The van der Waals surface area contributed by atoms with E-state index in [9.17, 15) is 5.11 Å². The van der Waals surface area contributed by atoms with Crippen LogP contribution in [0.4, 0.5) is 0 Å². The number of fused-ring (bicyclic) bond motifs is 1. The molecule has 0 saturated carbocycles. The zero-order chi connectivity index (χ0) is 14.7. The van der Waals surface area contributed by atoms with E-state index in [2.05, 4.69) is 41.5 Å². The third kappa shape index (κ3) is 3.46. The van der Waals surface area contributed by atoms with Gasteiger partial charge in [-0.3, -0.25) is 4.90 Å². The summed E-state index contributed by atoms with van der Waals surface area (Å²) >= 11 is 1.75. The summed E-state index contributed by atoms with van der Waals surface area (Å²) in [6, 6.07) is 8.39. The molecule has 1 aliphatic rings. The van der Waals surface area contributed by atoms with Gasteiger partial charge < -0.3 is 9.84 Å². The number of hydrogen-bond acceptors (Lipinski definition) is 4. The van der Waals surface area contributed by atoms with E-state index in [1.807, 2.05) is 0 Å². The van der Waals surface area contributed by atoms with Gasteiger partial charge in [-0.2, -0.15) is 0 Å². The quantitative estimate of drug-likeness (QED) is 0.922. The molecule has 1 fully saturated rings. The number of morpholine rings is 1. The Morgan fingerprint density at radius 2 is 2.29 bits per heavy atom. The van der Waals surface area contributed by atoms with E-state index in [4.69, 9.17) is 4.74 Å². The van der Waals surface area contributed by atoms with Crippen LogP contribution in [0.3, 0.4) is 0 Å². The minimum atomic E-state index is -0.428. The second kappa shape index (κ2) is 6.88. The number of hydrogen-bond donors (Lipinski definition) is 1. The van der Waals surface area contributed by atoms with Crippen molar-refractivity contribution in [1.82, 2.24) is 4.90 Å². The highest BCUT2D eigenvalue weighted by molar-refractivity contribution is 7.17. The summed E-state index contributed by atoms with van der Waals surface area (Å²) in [6.07, 6.45) is 1.33. The molecule has 21 heavy (non-hydrogen) atoms. The van der Waals surface area contributed by atoms with Crippen molar-refractivity contribution in [3.05, 3.63) is 35.2 Å². The van der Waals surface area contributed by atoms with Crippen molar-refractivity contribution in [1.29, 1.82) is 0 Å². The van der Waals surface area contributed by atoms with Crippen molar-refractivity contribution in [3.8, 4) is 0 Å². The van der Waals surface area contributed by atoms with Crippen LogP contribution in [0.2, 0.25) is 0 Å². The maximum atomic E-state index is 10.5. The predicted molar refractivity (Wildman–Crippen MR) is 88.0 cm³/mol. The lowest BCUT2D eigenvalue weighted by molar-refractivity contribution is -0.0876. The Balaban J connectivity index is 1.66. The van der Waals surface area contributed by atoms with Crippen LogP contribution in [0, 0.1) is 0 Å². The van der Waals surface area contributed by atoms with Crippen LogP contribution in [0.25, 0.3) is 10.1 Å². The van der Waals surface area contributed by atoms with Gasteiger partial charge in [-0.1, -0.05) is 25.1 Å². The van der Waals surface area contributed by atoms with Crippen molar-refractivity contribution in [3.63, 3.8) is 0 Å². The van der Waals surface area contributed by atoms with E-state index < -0.39 is 6.10 Å². The minimum Gasteiger partial charge on any atom is -0.390 e. The molecule has 2 aromatic rings. The Bertz CT molecular complexity index is 581. The van der Waals surface area contributed by atoms with Gasteiger partial charge in [0.15, 0.2) is 0 Å². The first-order chi connectivity index (χ1) is 10.3. The van der Waals surface area contributed by atoms with Crippen LogP contribution in [-0.2, 0) is 11.2 Å². The maximum Gasteiger partial charge on any atom is 0.0964 e. The molecule has 1 saturated heterocycles. The summed E-state index contributed by atoms with van der Waals surface area (Å²) in [5.74, 6) is 0. The Morgan fingerprint density at radius 3 is 3.14 bits per heavy atom. The van der Waals surface area contributed by atoms with Gasteiger partial charge >= 0.3 is 0 Å². The molecule has 1 N–H and O–H groups in total. The smallest absolute Gasteiger partial charge is 0.0964 e. The third-order valence-corrected chi connectivity index (χ3v) is 5.15. The van der Waals surface area contributed by atoms with E-state index in [1.54, 1.807) is 11.3 Å². The molecule has 0 spiro atoms. The number of aliphatic hydroxyl groups excluding tert-OH is 1. The lowest BCUT2D eigenvalue weighted by Gasteiger charge is -2.35.